The number of β-lactam (4-membered cyclic amide) rings is 1. The number of anilines is 1. The van der Waals surface area contributed by atoms with Gasteiger partial charge in [0.25, 0.3) is 11.8 Å². The number of carboxylic acid groups (broad SMARTS) is 2. The maximum absolute atomic E-state index is 14.7. The van der Waals surface area contributed by atoms with Crippen LogP contribution in [0, 0.1) is 11.2 Å². The molecule has 18 nitrogen and oxygen atoms in total. The summed E-state index contributed by atoms with van der Waals surface area (Å²) >= 11 is 1.97. The number of nitrogens with two attached hydrogens (primary N) is 2. The summed E-state index contributed by atoms with van der Waals surface area (Å²) in [4.78, 5) is 60.6. The molecule has 0 radical (unpaired) electrons. The second-order valence-corrected chi connectivity index (χ2v) is 13.6. The molecule has 4 aromatic rings. The smallest absolute Gasteiger partial charge is 0.350 e. The number of rotatable bonds is 12. The van der Waals surface area contributed by atoms with Crippen LogP contribution in [0.25, 0.3) is 5.65 Å². The number of amidine groups is 1. The summed E-state index contributed by atoms with van der Waals surface area (Å²) in [5.41, 5.74) is 10.1. The van der Waals surface area contributed by atoms with Gasteiger partial charge in [-0.15, -0.1) is 21.0 Å². The fourth-order valence-corrected chi connectivity index (χ4v) is 7.01. The first kappa shape index (κ1) is 34.0. The molecule has 0 saturated carbocycles. The van der Waals surface area contributed by atoms with Gasteiger partial charge in [0.1, 0.15) is 23.1 Å². The zero-order valence-corrected chi connectivity index (χ0v) is 27.8. The first-order chi connectivity index (χ1) is 23.7. The van der Waals surface area contributed by atoms with Crippen molar-refractivity contribution in [1.29, 1.82) is 5.41 Å². The number of hydrogen-bond acceptors (Lipinski definition) is 13. The van der Waals surface area contributed by atoms with Crippen molar-refractivity contribution in [3.63, 3.8) is 0 Å². The minimum absolute atomic E-state index is 0.00738. The summed E-state index contributed by atoms with van der Waals surface area (Å²) in [5.74, 6) is -5.49. The third kappa shape index (κ3) is 6.22. The molecule has 0 aliphatic carbocycles. The van der Waals surface area contributed by atoms with Crippen LogP contribution in [0.4, 0.5) is 9.52 Å². The Hall–Kier alpha value is -5.83. The third-order valence-electron chi connectivity index (χ3n) is 7.92. The normalized spacial score (nSPS) is 17.8. The summed E-state index contributed by atoms with van der Waals surface area (Å²) in [6.07, 6.45) is 5.17. The van der Waals surface area contributed by atoms with Crippen LogP contribution in [0.1, 0.15) is 30.8 Å². The molecule has 5 heterocycles. The van der Waals surface area contributed by atoms with E-state index >= 15 is 0 Å². The number of hydrogen-bond donors (Lipinski definition) is 5. The van der Waals surface area contributed by atoms with Crippen molar-refractivity contribution in [2.45, 2.75) is 44.0 Å². The van der Waals surface area contributed by atoms with Gasteiger partial charge in [0, 0.05) is 40.2 Å². The van der Waals surface area contributed by atoms with Crippen LogP contribution in [-0.4, -0.2) is 86.5 Å². The molecule has 2 aliphatic rings. The Bertz CT molecular complexity index is 2150. The number of nitrogen functional groups attached to an aromatic ring is 2. The van der Waals surface area contributed by atoms with E-state index in [4.69, 9.17) is 21.7 Å². The number of oxime groups is 1. The fraction of sp³-hybridized carbons (Fsp3) is 0.276. The van der Waals surface area contributed by atoms with Crippen molar-refractivity contribution in [1.82, 2.24) is 28.7 Å². The highest BCUT2D eigenvalue weighted by atomic mass is 32.2. The highest BCUT2D eigenvalue weighted by molar-refractivity contribution is 8.00. The molecular weight excluding hydrogens is 698 g/mol. The molecular formula is C29H28FN11O7S2. The van der Waals surface area contributed by atoms with Crippen LogP contribution in [0.5, 0.6) is 0 Å². The van der Waals surface area contributed by atoms with Crippen LogP contribution >= 0.6 is 23.3 Å². The van der Waals surface area contributed by atoms with Gasteiger partial charge in [-0.1, -0.05) is 17.3 Å². The van der Waals surface area contributed by atoms with E-state index in [2.05, 4.69) is 19.8 Å². The number of carboxylic acids is 2. The zero-order valence-electron chi connectivity index (χ0n) is 26.2. The van der Waals surface area contributed by atoms with E-state index in [0.29, 0.717) is 16.8 Å². The molecule has 50 heavy (non-hydrogen) atoms. The maximum Gasteiger partial charge on any atom is 0.350 e. The van der Waals surface area contributed by atoms with Crippen molar-refractivity contribution in [2.24, 2.45) is 10.9 Å². The van der Waals surface area contributed by atoms with Gasteiger partial charge in [0.15, 0.2) is 23.5 Å². The molecule has 1 fully saturated rings. The molecule has 3 aromatic heterocycles. The third-order valence-corrected chi connectivity index (χ3v) is 9.81. The second-order valence-electron chi connectivity index (χ2n) is 11.7. The molecule has 0 bridgehead atoms. The van der Waals surface area contributed by atoms with Crippen LogP contribution in [-0.2, 0) is 37.1 Å². The lowest BCUT2D eigenvalue weighted by Gasteiger charge is -2.50. The lowest BCUT2D eigenvalue weighted by Crippen LogP contribution is -2.71. The van der Waals surface area contributed by atoms with Crippen molar-refractivity contribution < 1.29 is 43.3 Å². The summed E-state index contributed by atoms with van der Waals surface area (Å²) in [7, 11) is 0. The number of nitrogens with one attached hydrogen (secondary N) is 2. The Labute approximate surface area is 289 Å². The molecule has 7 N–H and O–H groups in total. The predicted octanol–water partition coefficient (Wildman–Crippen LogP) is -1.38. The van der Waals surface area contributed by atoms with Gasteiger partial charge in [-0.05, 0) is 19.9 Å². The SMILES string of the molecule is CC(C)(O/N=C(\C(=O)N[C@@H]1C(=O)N2C(C(=O)[O-])=C(C[n+]3ccc4n(Cc5ccc(C(=N)N)cc5F)ccn43)CS[C@H]12)c1nsc(N)n1)C(=O)O. The molecule has 1 saturated heterocycles. The number of fused-ring (bicyclic) bond motifs is 2. The Kier molecular flexibility index (Phi) is 8.78. The lowest BCUT2D eigenvalue weighted by atomic mass is 10.0. The highest BCUT2D eigenvalue weighted by Gasteiger charge is 2.53. The van der Waals surface area contributed by atoms with Crippen LogP contribution < -0.4 is 26.6 Å². The molecule has 0 unspecified atom stereocenters. The van der Waals surface area contributed by atoms with Crippen molar-refractivity contribution >= 4 is 69.4 Å². The van der Waals surface area contributed by atoms with Gasteiger partial charge in [-0.25, -0.2) is 9.18 Å². The minimum Gasteiger partial charge on any atom is -0.543 e. The number of benzene rings is 1. The maximum atomic E-state index is 14.7. The number of aromatic nitrogens is 5. The molecule has 0 spiro atoms. The fourth-order valence-electron chi connectivity index (χ4n) is 5.24. The average Bonchev–Trinajstić information content (AvgIpc) is 3.78. The molecule has 2 aliphatic heterocycles. The average molecular weight is 726 g/mol. The molecule has 260 valence electrons. The predicted molar refractivity (Wildman–Crippen MR) is 173 cm³/mol. The van der Waals surface area contributed by atoms with E-state index in [9.17, 15) is 33.8 Å². The first-order valence-corrected chi connectivity index (χ1v) is 16.4. The monoisotopic (exact) mass is 725 g/mol. The number of thioether (sulfide) groups is 1. The van der Waals surface area contributed by atoms with Crippen LogP contribution in [0.3, 0.4) is 0 Å². The summed E-state index contributed by atoms with van der Waals surface area (Å²) < 4.78 is 23.9. The minimum atomic E-state index is -1.83. The Morgan fingerprint density at radius 1 is 1.30 bits per heavy atom. The van der Waals surface area contributed by atoms with Crippen molar-refractivity contribution in [3.8, 4) is 0 Å². The first-order valence-electron chi connectivity index (χ1n) is 14.6. The standard InChI is InChI=1S/C29H28FN11O7S2/c1-29(2,27(46)47)48-36-18(22-35-28(33)50-37-22)23(42)34-19-24(43)41-20(26(44)45)15(12-49-25(19)41)11-39-6-5-17-38(7-8-40(17)39)10-14-4-3-13(21(31)32)9-16(14)30/h3-9,19,25H,10-12H2,1-2H3,(H7-,31,32,33,34,35,37,42,44,45,46,47)/b36-18-/t19-,25-/m1/s1. The number of nitrogens with zero attached hydrogens (tertiary/aromatic N) is 7. The highest BCUT2D eigenvalue weighted by Crippen LogP contribution is 2.40. The van der Waals surface area contributed by atoms with Crippen LogP contribution in [0.2, 0.25) is 0 Å². The van der Waals surface area contributed by atoms with Gasteiger partial charge in [-0.2, -0.15) is 9.36 Å². The van der Waals surface area contributed by atoms with E-state index in [-0.39, 0.29) is 46.9 Å². The van der Waals surface area contributed by atoms with E-state index in [1.54, 1.807) is 50.6 Å². The quantitative estimate of drug-likeness (QED) is 0.0372. The Morgan fingerprint density at radius 3 is 2.70 bits per heavy atom. The summed E-state index contributed by atoms with van der Waals surface area (Å²) in [5, 5.41) is 34.6. The van der Waals surface area contributed by atoms with Gasteiger partial charge in [0.05, 0.1) is 30.5 Å². The van der Waals surface area contributed by atoms with Gasteiger partial charge < -0.3 is 41.2 Å². The Balaban J connectivity index is 1.20. The topological polar surface area (TPSA) is 263 Å². The van der Waals surface area contributed by atoms with Gasteiger partial charge in [-0.3, -0.25) is 19.9 Å². The number of halogens is 1. The van der Waals surface area contributed by atoms with E-state index < -0.39 is 52.3 Å². The lowest BCUT2D eigenvalue weighted by molar-refractivity contribution is -0.753. The van der Waals surface area contributed by atoms with E-state index in [1.807, 2.05) is 0 Å². The molecule has 21 heteroatoms. The van der Waals surface area contributed by atoms with E-state index in [1.165, 1.54) is 31.7 Å². The van der Waals surface area contributed by atoms with Gasteiger partial charge >= 0.3 is 5.97 Å². The van der Waals surface area contributed by atoms with E-state index in [0.717, 1.165) is 16.4 Å². The number of carbonyl (C=O) groups excluding carboxylic acids is 3. The Morgan fingerprint density at radius 2 is 2.06 bits per heavy atom. The number of carbonyl (C=O) groups is 4. The molecule has 1 aromatic carbocycles. The molecule has 2 amide bonds. The van der Waals surface area contributed by atoms with Crippen molar-refractivity contribution in [2.75, 3.05) is 11.5 Å². The summed E-state index contributed by atoms with van der Waals surface area (Å²) in [6.45, 7) is 2.65. The summed E-state index contributed by atoms with van der Waals surface area (Å²) in [6, 6.07) is 4.91. The molecule has 6 rings (SSSR count). The van der Waals surface area contributed by atoms with Crippen molar-refractivity contribution in [3.05, 3.63) is 76.9 Å². The zero-order chi connectivity index (χ0) is 36.1. The largest absolute Gasteiger partial charge is 0.543 e. The number of aliphatic carboxylic acids is 2. The second kappa shape index (κ2) is 12.9. The van der Waals surface area contributed by atoms with Crippen LogP contribution in [0.15, 0.2) is 59.3 Å². The number of imidazole rings is 1. The molecule has 2 atom stereocenters. The number of amides is 2. The van der Waals surface area contributed by atoms with Gasteiger partial charge in [0.2, 0.25) is 17.1 Å².